The predicted octanol–water partition coefficient (Wildman–Crippen LogP) is 6.31. The topological polar surface area (TPSA) is 81.7 Å². The predicted molar refractivity (Wildman–Crippen MR) is 135 cm³/mol. The van der Waals surface area contributed by atoms with Crippen molar-refractivity contribution in [3.63, 3.8) is 0 Å². The Hall–Kier alpha value is -2.67. The summed E-state index contributed by atoms with van der Waals surface area (Å²) in [4.78, 5) is 38.9. The van der Waals surface area contributed by atoms with E-state index < -0.39 is 18.0 Å². The number of thiophene rings is 1. The van der Waals surface area contributed by atoms with Crippen LogP contribution >= 0.6 is 11.3 Å². The van der Waals surface area contributed by atoms with Crippen LogP contribution in [0, 0.1) is 17.3 Å². The minimum atomic E-state index is -0.967. The van der Waals surface area contributed by atoms with Crippen LogP contribution in [0.4, 0.5) is 5.00 Å². The van der Waals surface area contributed by atoms with Crippen molar-refractivity contribution in [3.8, 4) is 10.4 Å². The van der Waals surface area contributed by atoms with Gasteiger partial charge in [-0.3, -0.25) is 9.59 Å². The first kappa shape index (κ1) is 25.9. The van der Waals surface area contributed by atoms with Gasteiger partial charge in [-0.2, -0.15) is 0 Å². The molecule has 0 bridgehead atoms. The quantitative estimate of drug-likeness (QED) is 0.465. The smallest absolute Gasteiger partial charge is 0.341 e. The maximum absolute atomic E-state index is 12.9. The van der Waals surface area contributed by atoms with Gasteiger partial charge >= 0.3 is 11.9 Å². The molecule has 7 heteroatoms. The Morgan fingerprint density at radius 1 is 1.09 bits per heavy atom. The molecule has 1 saturated carbocycles. The first-order chi connectivity index (χ1) is 16.1. The van der Waals surface area contributed by atoms with Crippen LogP contribution in [-0.2, 0) is 19.1 Å². The molecule has 1 fully saturated rings. The van der Waals surface area contributed by atoms with E-state index in [2.05, 4.69) is 26.1 Å². The van der Waals surface area contributed by atoms with Gasteiger partial charge in [0.2, 0.25) is 0 Å². The summed E-state index contributed by atoms with van der Waals surface area (Å²) < 4.78 is 10.7. The first-order valence-corrected chi connectivity index (χ1v) is 12.8. The highest BCUT2D eigenvalue weighted by molar-refractivity contribution is 7.20. The van der Waals surface area contributed by atoms with Gasteiger partial charge in [0, 0.05) is 4.88 Å². The van der Waals surface area contributed by atoms with Crippen LogP contribution in [-0.4, -0.2) is 30.6 Å². The number of carbonyl (C=O) groups excluding carboxylic acids is 3. The lowest BCUT2D eigenvalue weighted by molar-refractivity contribution is -0.158. The number of nitrogens with one attached hydrogen (secondary N) is 1. The van der Waals surface area contributed by atoms with Gasteiger partial charge in [-0.1, -0.05) is 51.1 Å². The van der Waals surface area contributed by atoms with Crippen LogP contribution in [0.15, 0.2) is 36.4 Å². The summed E-state index contributed by atoms with van der Waals surface area (Å²) in [6, 6.07) is 11.3. The first-order valence-electron chi connectivity index (χ1n) is 12.0. The van der Waals surface area contributed by atoms with Crippen molar-refractivity contribution in [1.82, 2.24) is 0 Å². The number of amides is 1. The zero-order chi connectivity index (χ0) is 24.9. The van der Waals surface area contributed by atoms with E-state index in [4.69, 9.17) is 9.47 Å². The van der Waals surface area contributed by atoms with Crippen molar-refractivity contribution >= 4 is 34.2 Å². The molecule has 3 rings (SSSR count). The number of ether oxygens (including phenoxy) is 2. The standard InChI is InChI=1S/C27H35NO5S/c1-6-32-26(31)21-16-22(18-10-8-7-9-11-18)34-24(21)28-23(29)17(2)33-25(30)19-12-14-20(15-13-19)27(3,4)5/h7-11,16-17,19-20H,6,12-15H2,1-5H3,(H,28,29). The Kier molecular flexibility index (Phi) is 8.52. The van der Waals surface area contributed by atoms with E-state index in [0.717, 1.165) is 36.1 Å². The Morgan fingerprint density at radius 3 is 2.32 bits per heavy atom. The van der Waals surface area contributed by atoms with E-state index in [9.17, 15) is 14.4 Å². The molecule has 0 aliphatic heterocycles. The lowest BCUT2D eigenvalue weighted by Gasteiger charge is -2.36. The second-order valence-electron chi connectivity index (χ2n) is 9.92. The third kappa shape index (κ3) is 6.47. The number of anilines is 1. The van der Waals surface area contributed by atoms with E-state index in [-0.39, 0.29) is 29.5 Å². The maximum atomic E-state index is 12.9. The molecule has 0 saturated heterocycles. The minimum Gasteiger partial charge on any atom is -0.462 e. The fourth-order valence-electron chi connectivity index (χ4n) is 4.32. The third-order valence-corrected chi connectivity index (χ3v) is 7.57. The molecule has 1 aliphatic carbocycles. The number of hydrogen-bond donors (Lipinski definition) is 1. The number of esters is 2. The normalized spacial score (nSPS) is 19.2. The summed E-state index contributed by atoms with van der Waals surface area (Å²) in [6.45, 7) is 10.2. The maximum Gasteiger partial charge on any atom is 0.341 e. The third-order valence-electron chi connectivity index (χ3n) is 6.47. The second kappa shape index (κ2) is 11.2. The zero-order valence-electron chi connectivity index (χ0n) is 20.7. The molecule has 1 heterocycles. The van der Waals surface area contributed by atoms with Crippen molar-refractivity contribution in [1.29, 1.82) is 0 Å². The molecule has 1 N–H and O–H groups in total. The summed E-state index contributed by atoms with van der Waals surface area (Å²) >= 11 is 1.29. The fraction of sp³-hybridized carbons (Fsp3) is 0.519. The highest BCUT2D eigenvalue weighted by Gasteiger charge is 2.34. The van der Waals surface area contributed by atoms with Crippen LogP contribution in [0.2, 0.25) is 0 Å². The molecule has 34 heavy (non-hydrogen) atoms. The molecule has 0 radical (unpaired) electrons. The van der Waals surface area contributed by atoms with Crippen LogP contribution in [0.1, 0.15) is 70.7 Å². The summed E-state index contributed by atoms with van der Waals surface area (Å²) in [6.07, 6.45) is 2.58. The van der Waals surface area contributed by atoms with Crippen LogP contribution in [0.25, 0.3) is 10.4 Å². The Morgan fingerprint density at radius 2 is 1.74 bits per heavy atom. The average molecular weight is 486 g/mol. The summed E-state index contributed by atoms with van der Waals surface area (Å²) in [5.74, 6) is -0.872. The van der Waals surface area contributed by atoms with Crippen molar-refractivity contribution in [2.24, 2.45) is 17.3 Å². The number of rotatable bonds is 7. The molecule has 1 aromatic heterocycles. The van der Waals surface area contributed by atoms with Gasteiger partial charge in [0.25, 0.3) is 5.91 Å². The van der Waals surface area contributed by atoms with E-state index in [0.29, 0.717) is 10.9 Å². The number of carbonyl (C=O) groups is 3. The molecular formula is C27H35NO5S. The van der Waals surface area contributed by atoms with Crippen molar-refractivity contribution < 1.29 is 23.9 Å². The minimum absolute atomic E-state index is 0.171. The molecular weight excluding hydrogens is 450 g/mol. The van der Waals surface area contributed by atoms with Crippen LogP contribution in [0.5, 0.6) is 0 Å². The van der Waals surface area contributed by atoms with Crippen molar-refractivity contribution in [2.75, 3.05) is 11.9 Å². The molecule has 1 aliphatic rings. The molecule has 1 aromatic carbocycles. The summed E-state index contributed by atoms with van der Waals surface area (Å²) in [5, 5.41) is 3.16. The van der Waals surface area contributed by atoms with E-state index in [1.54, 1.807) is 19.9 Å². The lowest BCUT2D eigenvalue weighted by Crippen LogP contribution is -2.34. The highest BCUT2D eigenvalue weighted by Crippen LogP contribution is 2.40. The fourth-order valence-corrected chi connectivity index (χ4v) is 5.38. The van der Waals surface area contributed by atoms with E-state index in [1.165, 1.54) is 11.3 Å². The van der Waals surface area contributed by atoms with Crippen LogP contribution in [0.3, 0.4) is 0 Å². The average Bonchev–Trinajstić information content (AvgIpc) is 3.23. The van der Waals surface area contributed by atoms with Gasteiger partial charge in [0.05, 0.1) is 18.1 Å². The number of benzene rings is 1. The van der Waals surface area contributed by atoms with Gasteiger partial charge in [0.1, 0.15) is 5.00 Å². The van der Waals surface area contributed by atoms with Crippen molar-refractivity contribution in [2.45, 2.75) is 66.4 Å². The van der Waals surface area contributed by atoms with Crippen LogP contribution < -0.4 is 5.32 Å². The molecule has 1 amide bonds. The largest absolute Gasteiger partial charge is 0.462 e. The van der Waals surface area contributed by atoms with Gasteiger partial charge in [-0.15, -0.1) is 11.3 Å². The summed E-state index contributed by atoms with van der Waals surface area (Å²) in [5.41, 5.74) is 1.46. The Labute approximate surface area is 206 Å². The Bertz CT molecular complexity index is 1000. The van der Waals surface area contributed by atoms with E-state index >= 15 is 0 Å². The number of hydrogen-bond acceptors (Lipinski definition) is 6. The lowest BCUT2D eigenvalue weighted by atomic mass is 9.70. The van der Waals surface area contributed by atoms with Gasteiger partial charge in [-0.05, 0) is 62.5 Å². The van der Waals surface area contributed by atoms with Crippen molar-refractivity contribution in [3.05, 3.63) is 42.0 Å². The summed E-state index contributed by atoms with van der Waals surface area (Å²) in [7, 11) is 0. The molecule has 184 valence electrons. The second-order valence-corrected chi connectivity index (χ2v) is 11.0. The Balaban J connectivity index is 1.65. The van der Waals surface area contributed by atoms with Gasteiger partial charge in [0.15, 0.2) is 6.10 Å². The highest BCUT2D eigenvalue weighted by atomic mass is 32.1. The van der Waals surface area contributed by atoms with Gasteiger partial charge in [-0.25, -0.2) is 4.79 Å². The molecule has 1 atom stereocenters. The van der Waals surface area contributed by atoms with Gasteiger partial charge < -0.3 is 14.8 Å². The monoisotopic (exact) mass is 485 g/mol. The van der Waals surface area contributed by atoms with E-state index in [1.807, 2.05) is 30.3 Å². The SMILES string of the molecule is CCOC(=O)c1cc(-c2ccccc2)sc1NC(=O)C(C)OC(=O)C1CCC(C(C)(C)C)CC1. The zero-order valence-corrected chi connectivity index (χ0v) is 21.5. The molecule has 1 unspecified atom stereocenters. The molecule has 6 nitrogen and oxygen atoms in total. The molecule has 2 aromatic rings. The molecule has 0 spiro atoms.